The van der Waals surface area contributed by atoms with Crippen LogP contribution in [0.15, 0.2) is 12.1 Å². The third-order valence-corrected chi connectivity index (χ3v) is 3.25. The number of rotatable bonds is 5. The summed E-state index contributed by atoms with van der Waals surface area (Å²) >= 11 is 0. The fraction of sp³-hybridized carbons (Fsp3) is 0.462. The summed E-state index contributed by atoms with van der Waals surface area (Å²) in [6.45, 7) is 1.48. The lowest BCUT2D eigenvalue weighted by atomic mass is 10.2. The summed E-state index contributed by atoms with van der Waals surface area (Å²) in [6.07, 6.45) is -0.404. The van der Waals surface area contributed by atoms with Crippen molar-refractivity contribution in [2.45, 2.75) is 32.0 Å². The van der Waals surface area contributed by atoms with Crippen LogP contribution in [0.2, 0.25) is 0 Å². The van der Waals surface area contributed by atoms with Crippen molar-refractivity contribution >= 4 is 11.7 Å². The molecular formula is C13H14FNO6. The summed E-state index contributed by atoms with van der Waals surface area (Å²) < 4.78 is 24.2. The van der Waals surface area contributed by atoms with Gasteiger partial charge >= 0.3 is 5.97 Å². The van der Waals surface area contributed by atoms with Crippen molar-refractivity contribution in [3.63, 3.8) is 0 Å². The fourth-order valence-electron chi connectivity index (χ4n) is 2.14. The number of hydrogen-bond acceptors (Lipinski definition) is 5. The molecule has 0 bridgehead atoms. The van der Waals surface area contributed by atoms with E-state index in [1.807, 2.05) is 0 Å². The van der Waals surface area contributed by atoms with Gasteiger partial charge in [-0.05, 0) is 25.8 Å². The molecule has 0 saturated carbocycles. The molecule has 0 aromatic heterocycles. The zero-order valence-corrected chi connectivity index (χ0v) is 11.2. The Hall–Kier alpha value is -2.22. The Morgan fingerprint density at radius 3 is 2.86 bits per heavy atom. The normalized spacial score (nSPS) is 21.2. The number of halogens is 1. The van der Waals surface area contributed by atoms with Gasteiger partial charge in [-0.3, -0.25) is 10.1 Å². The molecule has 2 atom stereocenters. The second-order valence-electron chi connectivity index (χ2n) is 4.80. The third-order valence-electron chi connectivity index (χ3n) is 3.25. The molecule has 1 aromatic rings. The molecule has 2 rings (SSSR count). The summed E-state index contributed by atoms with van der Waals surface area (Å²) in [7, 11) is 0. The first-order valence-electron chi connectivity index (χ1n) is 6.34. The van der Waals surface area contributed by atoms with Gasteiger partial charge in [-0.15, -0.1) is 0 Å². The van der Waals surface area contributed by atoms with Gasteiger partial charge in [0.25, 0.3) is 5.69 Å². The third kappa shape index (κ3) is 3.46. The van der Waals surface area contributed by atoms with Gasteiger partial charge in [0.2, 0.25) is 0 Å². The van der Waals surface area contributed by atoms with E-state index < -0.39 is 28.9 Å². The number of nitro benzene ring substituents is 1. The van der Waals surface area contributed by atoms with Crippen molar-refractivity contribution in [1.29, 1.82) is 0 Å². The van der Waals surface area contributed by atoms with Gasteiger partial charge in [0, 0.05) is 5.56 Å². The van der Waals surface area contributed by atoms with E-state index in [4.69, 9.17) is 14.6 Å². The molecule has 1 saturated heterocycles. The maximum absolute atomic E-state index is 13.7. The standard InChI is InChI=1S/C13H14FNO6/c1-7-4-12(9(14)5-10(7)15(18)19)20-6-8-2-3-11(21-8)13(16)17/h4-5,8,11H,2-3,6H2,1H3,(H,16,17). The second-order valence-corrected chi connectivity index (χ2v) is 4.80. The minimum Gasteiger partial charge on any atom is -0.488 e. The van der Waals surface area contributed by atoms with E-state index in [0.717, 1.165) is 6.07 Å². The average molecular weight is 299 g/mol. The van der Waals surface area contributed by atoms with Crippen LogP contribution in [0, 0.1) is 22.9 Å². The number of nitrogens with zero attached hydrogens (tertiary/aromatic N) is 1. The predicted octanol–water partition coefficient (Wildman–Crippen LogP) is 2.05. The second kappa shape index (κ2) is 6.04. The van der Waals surface area contributed by atoms with Gasteiger partial charge in [-0.2, -0.15) is 0 Å². The molecule has 1 heterocycles. The van der Waals surface area contributed by atoms with Gasteiger partial charge in [-0.1, -0.05) is 0 Å². The van der Waals surface area contributed by atoms with Crippen LogP contribution < -0.4 is 4.74 Å². The average Bonchev–Trinajstić information content (AvgIpc) is 2.88. The highest BCUT2D eigenvalue weighted by atomic mass is 19.1. The van der Waals surface area contributed by atoms with Crippen molar-refractivity contribution in [2.24, 2.45) is 0 Å². The molecule has 2 unspecified atom stereocenters. The van der Waals surface area contributed by atoms with Gasteiger partial charge in [-0.25, -0.2) is 9.18 Å². The van der Waals surface area contributed by atoms with Gasteiger partial charge < -0.3 is 14.6 Å². The van der Waals surface area contributed by atoms with Crippen LogP contribution in [0.25, 0.3) is 0 Å². The lowest BCUT2D eigenvalue weighted by Crippen LogP contribution is -2.23. The molecule has 21 heavy (non-hydrogen) atoms. The molecule has 0 radical (unpaired) electrons. The summed E-state index contributed by atoms with van der Waals surface area (Å²) in [6, 6.07) is 2.05. The largest absolute Gasteiger partial charge is 0.488 e. The van der Waals surface area contributed by atoms with Crippen molar-refractivity contribution in [1.82, 2.24) is 0 Å². The van der Waals surface area contributed by atoms with Crippen molar-refractivity contribution in [3.8, 4) is 5.75 Å². The van der Waals surface area contributed by atoms with Crippen molar-refractivity contribution in [3.05, 3.63) is 33.6 Å². The monoisotopic (exact) mass is 299 g/mol. The first-order chi connectivity index (χ1) is 9.88. The SMILES string of the molecule is Cc1cc(OCC2CCC(C(=O)O)O2)c(F)cc1[N+](=O)[O-]. The van der Waals surface area contributed by atoms with Crippen LogP contribution in [0.5, 0.6) is 5.75 Å². The predicted molar refractivity (Wildman–Crippen MR) is 68.8 cm³/mol. The van der Waals surface area contributed by atoms with Gasteiger partial charge in [0.15, 0.2) is 17.7 Å². The van der Waals surface area contributed by atoms with Crippen LogP contribution in [0.3, 0.4) is 0 Å². The Labute approximate surface area is 119 Å². The number of hydrogen-bond donors (Lipinski definition) is 1. The molecule has 1 fully saturated rings. The Morgan fingerprint density at radius 1 is 1.57 bits per heavy atom. The molecule has 8 heteroatoms. The minimum atomic E-state index is -1.03. The lowest BCUT2D eigenvalue weighted by Gasteiger charge is -2.13. The molecule has 114 valence electrons. The van der Waals surface area contributed by atoms with E-state index >= 15 is 0 Å². The quantitative estimate of drug-likeness (QED) is 0.660. The number of carboxylic acids is 1. The number of carbonyl (C=O) groups is 1. The van der Waals surface area contributed by atoms with E-state index in [1.165, 1.54) is 13.0 Å². The van der Waals surface area contributed by atoms with Gasteiger partial charge in [0.05, 0.1) is 17.1 Å². The zero-order valence-electron chi connectivity index (χ0n) is 11.2. The number of aliphatic carboxylic acids is 1. The highest BCUT2D eigenvalue weighted by molar-refractivity contribution is 5.72. The van der Waals surface area contributed by atoms with E-state index in [2.05, 4.69) is 0 Å². The highest BCUT2D eigenvalue weighted by Gasteiger charge is 2.31. The molecule has 1 aromatic carbocycles. The number of ether oxygens (including phenoxy) is 2. The maximum atomic E-state index is 13.7. The topological polar surface area (TPSA) is 98.9 Å². The summed E-state index contributed by atoms with van der Waals surface area (Å²) in [5.74, 6) is -1.98. The molecule has 0 amide bonds. The van der Waals surface area contributed by atoms with E-state index in [9.17, 15) is 19.3 Å². The summed E-state index contributed by atoms with van der Waals surface area (Å²) in [4.78, 5) is 20.7. The molecule has 0 spiro atoms. The number of benzene rings is 1. The zero-order chi connectivity index (χ0) is 15.6. The van der Waals surface area contributed by atoms with Gasteiger partial charge in [0.1, 0.15) is 6.61 Å². The van der Waals surface area contributed by atoms with E-state index in [0.29, 0.717) is 12.8 Å². The number of nitro groups is 1. The van der Waals surface area contributed by atoms with Crippen molar-refractivity contribution in [2.75, 3.05) is 6.61 Å². The van der Waals surface area contributed by atoms with E-state index in [1.54, 1.807) is 0 Å². The Morgan fingerprint density at radius 2 is 2.29 bits per heavy atom. The lowest BCUT2D eigenvalue weighted by molar-refractivity contribution is -0.385. The first kappa shape index (κ1) is 15.2. The number of aryl methyl sites for hydroxylation is 1. The minimum absolute atomic E-state index is 0.00203. The van der Waals surface area contributed by atoms with Crippen LogP contribution in [-0.4, -0.2) is 34.8 Å². The summed E-state index contributed by atoms with van der Waals surface area (Å²) in [5.41, 5.74) is -0.0324. The maximum Gasteiger partial charge on any atom is 0.332 e. The Balaban J connectivity index is 2.00. The number of carboxylic acid groups (broad SMARTS) is 1. The highest BCUT2D eigenvalue weighted by Crippen LogP contribution is 2.28. The first-order valence-corrected chi connectivity index (χ1v) is 6.34. The molecular weight excluding hydrogens is 285 g/mol. The van der Waals surface area contributed by atoms with Crippen LogP contribution in [0.1, 0.15) is 18.4 Å². The molecule has 0 aliphatic carbocycles. The molecule has 1 aliphatic rings. The molecule has 1 aliphatic heterocycles. The molecule has 1 N–H and O–H groups in total. The van der Waals surface area contributed by atoms with E-state index in [-0.39, 0.29) is 23.6 Å². The fourth-order valence-corrected chi connectivity index (χ4v) is 2.14. The van der Waals surface area contributed by atoms with Crippen molar-refractivity contribution < 1.29 is 28.7 Å². The summed E-state index contributed by atoms with van der Waals surface area (Å²) in [5, 5.41) is 19.5. The van der Waals surface area contributed by atoms with Crippen LogP contribution in [0.4, 0.5) is 10.1 Å². The Kier molecular flexibility index (Phi) is 4.37. The smallest absolute Gasteiger partial charge is 0.332 e. The Bertz CT molecular complexity index is 576. The van der Waals surface area contributed by atoms with Crippen LogP contribution >= 0.6 is 0 Å². The molecule has 7 nitrogen and oxygen atoms in total. The van der Waals surface area contributed by atoms with Crippen LogP contribution in [-0.2, 0) is 9.53 Å².